The van der Waals surface area contributed by atoms with Gasteiger partial charge in [0.1, 0.15) is 6.61 Å². The molecule has 0 saturated heterocycles. The number of unbranched alkanes of at least 4 members (excludes halogenated alkanes) is 2. The van der Waals surface area contributed by atoms with Crippen molar-refractivity contribution < 1.29 is 9.09 Å². The normalized spacial score (nSPS) is 10.6. The first-order valence-corrected chi connectivity index (χ1v) is 4.87. The van der Waals surface area contributed by atoms with Gasteiger partial charge in [-0.25, -0.2) is 0 Å². The average molecular weight is 159 g/mol. The first kappa shape index (κ1) is 9.62. The summed E-state index contributed by atoms with van der Waals surface area (Å²) in [6.07, 6.45) is 7.66. The van der Waals surface area contributed by atoms with E-state index in [1.165, 1.54) is 0 Å². The Hall–Kier alpha value is -0.380. The van der Waals surface area contributed by atoms with Gasteiger partial charge in [-0.15, -0.1) is 16.9 Å². The molecule has 0 fully saturated rings. The van der Waals surface area contributed by atoms with Crippen LogP contribution in [-0.2, 0) is 9.09 Å². The minimum Gasteiger partial charge on any atom is -0.147 e. The van der Waals surface area contributed by atoms with Crippen molar-refractivity contribution in [1.29, 1.82) is 0 Å². The fourth-order valence-corrected chi connectivity index (χ4v) is 0.908. The molecule has 0 heterocycles. The van der Waals surface area contributed by atoms with Crippen LogP contribution in [0, 0.1) is 12.3 Å². The second kappa shape index (κ2) is 6.74. The highest BCUT2D eigenvalue weighted by atomic mass is 31.1. The van der Waals surface area contributed by atoms with Crippen LogP contribution in [0.3, 0.4) is 0 Å². The van der Waals surface area contributed by atoms with Crippen molar-refractivity contribution in [1.82, 2.24) is 0 Å². The van der Waals surface area contributed by atoms with Crippen molar-refractivity contribution >= 4 is 8.03 Å². The van der Waals surface area contributed by atoms with E-state index in [0.29, 0.717) is 6.61 Å². The molecule has 0 N–H and O–H groups in total. The highest BCUT2D eigenvalue weighted by Crippen LogP contribution is 2.15. The average Bonchev–Trinajstić information content (AvgIpc) is 1.87. The first-order chi connectivity index (χ1) is 4.77. The smallest absolute Gasteiger partial charge is 0.147 e. The lowest BCUT2D eigenvalue weighted by molar-refractivity contribution is 0.322. The summed E-state index contributed by atoms with van der Waals surface area (Å²) in [7, 11) is -1.42. The molecule has 56 valence electrons. The summed E-state index contributed by atoms with van der Waals surface area (Å²) < 4.78 is 15.2. The van der Waals surface area contributed by atoms with Gasteiger partial charge < -0.3 is 0 Å². The molecule has 0 aromatic rings. The standard InChI is InChI=1S/C7H12O2P/c1-3-4-5-6-7-9-10(2)8/h1H,4-7H2,2H3/q+1. The summed E-state index contributed by atoms with van der Waals surface area (Å²) in [5, 5.41) is 0. The van der Waals surface area contributed by atoms with Gasteiger partial charge in [0.25, 0.3) is 0 Å². The van der Waals surface area contributed by atoms with Gasteiger partial charge in [-0.2, -0.15) is 0 Å². The van der Waals surface area contributed by atoms with Gasteiger partial charge in [0.15, 0.2) is 6.66 Å². The van der Waals surface area contributed by atoms with Crippen LogP contribution in [-0.4, -0.2) is 13.3 Å². The van der Waals surface area contributed by atoms with Crippen molar-refractivity contribution in [3.63, 3.8) is 0 Å². The van der Waals surface area contributed by atoms with E-state index in [2.05, 4.69) is 5.92 Å². The fraction of sp³-hybridized carbons (Fsp3) is 0.714. The summed E-state index contributed by atoms with van der Waals surface area (Å²) in [4.78, 5) is 0. The molecular weight excluding hydrogens is 147 g/mol. The van der Waals surface area contributed by atoms with Crippen molar-refractivity contribution in [2.45, 2.75) is 19.3 Å². The third-order valence-corrected chi connectivity index (χ3v) is 1.53. The predicted octanol–water partition coefficient (Wildman–Crippen LogP) is 2.18. The molecule has 0 bridgehead atoms. The number of hydrogen-bond acceptors (Lipinski definition) is 2. The van der Waals surface area contributed by atoms with Crippen LogP contribution < -0.4 is 0 Å². The maximum absolute atomic E-state index is 10.4. The highest BCUT2D eigenvalue weighted by molar-refractivity contribution is 7.38. The summed E-state index contributed by atoms with van der Waals surface area (Å²) >= 11 is 0. The van der Waals surface area contributed by atoms with E-state index in [4.69, 9.17) is 10.9 Å². The molecule has 3 heteroatoms. The molecule has 0 saturated carbocycles. The molecule has 0 aromatic carbocycles. The number of rotatable bonds is 5. The minimum atomic E-state index is -1.42. The van der Waals surface area contributed by atoms with E-state index in [-0.39, 0.29) is 0 Å². The monoisotopic (exact) mass is 159 g/mol. The largest absolute Gasteiger partial charge is 0.504 e. The third kappa shape index (κ3) is 7.62. The molecule has 0 rings (SSSR count). The van der Waals surface area contributed by atoms with Gasteiger partial charge in [0.05, 0.1) is 0 Å². The quantitative estimate of drug-likeness (QED) is 0.349. The van der Waals surface area contributed by atoms with E-state index in [1.54, 1.807) is 6.66 Å². The van der Waals surface area contributed by atoms with Gasteiger partial charge in [-0.05, 0) is 17.4 Å². The van der Waals surface area contributed by atoms with Gasteiger partial charge in [0, 0.05) is 6.42 Å². The van der Waals surface area contributed by atoms with E-state index in [9.17, 15) is 4.57 Å². The Balaban J connectivity index is 2.92. The Morgan fingerprint density at radius 2 is 2.30 bits per heavy atom. The van der Waals surface area contributed by atoms with Gasteiger partial charge in [-0.1, -0.05) is 0 Å². The molecule has 1 unspecified atom stereocenters. The predicted molar refractivity (Wildman–Crippen MR) is 42.2 cm³/mol. The van der Waals surface area contributed by atoms with E-state index < -0.39 is 8.03 Å². The summed E-state index contributed by atoms with van der Waals surface area (Å²) in [5.41, 5.74) is 0. The molecule has 10 heavy (non-hydrogen) atoms. The molecule has 0 spiro atoms. The molecule has 0 aromatic heterocycles. The van der Waals surface area contributed by atoms with Crippen LogP contribution in [0.1, 0.15) is 19.3 Å². The molecule has 0 aliphatic heterocycles. The van der Waals surface area contributed by atoms with Gasteiger partial charge >= 0.3 is 8.03 Å². The Morgan fingerprint density at radius 3 is 2.80 bits per heavy atom. The Labute approximate surface area is 62.8 Å². The molecule has 2 nitrogen and oxygen atoms in total. The Bertz CT molecular complexity index is 137. The van der Waals surface area contributed by atoms with Crippen LogP contribution in [0.25, 0.3) is 0 Å². The number of hydrogen-bond donors (Lipinski definition) is 0. The molecule has 1 atom stereocenters. The SMILES string of the molecule is C#CCCCCO[P+](C)=O. The minimum absolute atomic E-state index is 0.563. The lowest BCUT2D eigenvalue weighted by Gasteiger charge is -1.88. The summed E-state index contributed by atoms with van der Waals surface area (Å²) in [5.74, 6) is 2.53. The van der Waals surface area contributed by atoms with Crippen LogP contribution in [0.4, 0.5) is 0 Å². The maximum atomic E-state index is 10.4. The topological polar surface area (TPSA) is 26.3 Å². The van der Waals surface area contributed by atoms with Crippen molar-refractivity contribution in [3.8, 4) is 12.3 Å². The Morgan fingerprint density at radius 1 is 1.60 bits per heavy atom. The number of terminal acetylenes is 1. The van der Waals surface area contributed by atoms with E-state index in [0.717, 1.165) is 19.3 Å². The van der Waals surface area contributed by atoms with Gasteiger partial charge in [0.2, 0.25) is 0 Å². The van der Waals surface area contributed by atoms with Crippen molar-refractivity contribution in [2.75, 3.05) is 13.3 Å². The third-order valence-electron chi connectivity index (χ3n) is 0.989. The molecule has 0 aliphatic carbocycles. The van der Waals surface area contributed by atoms with Crippen LogP contribution in [0.2, 0.25) is 0 Å². The molecule has 0 radical (unpaired) electrons. The van der Waals surface area contributed by atoms with Crippen LogP contribution >= 0.6 is 8.03 Å². The lowest BCUT2D eigenvalue weighted by Crippen LogP contribution is -1.85. The zero-order valence-corrected chi connectivity index (χ0v) is 7.06. The van der Waals surface area contributed by atoms with Crippen molar-refractivity contribution in [2.24, 2.45) is 0 Å². The van der Waals surface area contributed by atoms with Crippen LogP contribution in [0.5, 0.6) is 0 Å². The zero-order valence-electron chi connectivity index (χ0n) is 6.17. The lowest BCUT2D eigenvalue weighted by atomic mass is 10.2. The molecule has 0 amide bonds. The van der Waals surface area contributed by atoms with E-state index >= 15 is 0 Å². The Kier molecular flexibility index (Phi) is 6.48. The molecule has 0 aliphatic rings. The summed E-state index contributed by atoms with van der Waals surface area (Å²) in [6, 6.07) is 0. The highest BCUT2D eigenvalue weighted by Gasteiger charge is 2.04. The first-order valence-electron chi connectivity index (χ1n) is 3.24. The second-order valence-electron chi connectivity index (χ2n) is 1.93. The van der Waals surface area contributed by atoms with E-state index in [1.807, 2.05) is 0 Å². The second-order valence-corrected chi connectivity index (χ2v) is 3.07. The van der Waals surface area contributed by atoms with Crippen molar-refractivity contribution in [3.05, 3.63) is 0 Å². The maximum Gasteiger partial charge on any atom is 0.504 e. The summed E-state index contributed by atoms with van der Waals surface area (Å²) in [6.45, 7) is 2.11. The van der Waals surface area contributed by atoms with Gasteiger partial charge in [-0.3, -0.25) is 0 Å². The molecular formula is C7H12O2P+. The zero-order chi connectivity index (χ0) is 7.82. The van der Waals surface area contributed by atoms with Crippen LogP contribution in [0.15, 0.2) is 0 Å². The fourth-order valence-electron chi connectivity index (χ4n) is 0.522.